The minimum Gasteiger partial charge on any atom is -0.409 e. The van der Waals surface area contributed by atoms with Gasteiger partial charge < -0.3 is 4.42 Å². The van der Waals surface area contributed by atoms with Crippen molar-refractivity contribution in [3.05, 3.63) is 67.7 Å². The first-order valence-corrected chi connectivity index (χ1v) is 8.75. The van der Waals surface area contributed by atoms with Crippen LogP contribution in [0, 0.1) is 4.64 Å². The van der Waals surface area contributed by atoms with Crippen LogP contribution in [0.4, 0.5) is 0 Å². The molecule has 0 amide bonds. The normalized spacial score (nSPS) is 11.0. The summed E-state index contributed by atoms with van der Waals surface area (Å²) < 4.78 is 8.19. The molecule has 3 nitrogen and oxygen atoms in total. The van der Waals surface area contributed by atoms with E-state index < -0.39 is 5.76 Å². The van der Waals surface area contributed by atoms with Crippen molar-refractivity contribution in [2.75, 3.05) is 0 Å². The first-order valence-electron chi connectivity index (χ1n) is 7.55. The van der Waals surface area contributed by atoms with Crippen LogP contribution in [-0.4, -0.2) is 4.57 Å². The average Bonchev–Trinajstić information content (AvgIpc) is 2.55. The highest BCUT2D eigenvalue weighted by molar-refractivity contribution is 9.10. The largest absolute Gasteiger partial charge is 0.425 e. The Kier molecular flexibility index (Phi) is 4.78. The van der Waals surface area contributed by atoms with E-state index in [0.29, 0.717) is 10.2 Å². The van der Waals surface area contributed by atoms with E-state index in [1.807, 2.05) is 36.4 Å². The lowest BCUT2D eigenvalue weighted by Crippen LogP contribution is -2.18. The lowest BCUT2D eigenvalue weighted by atomic mass is 10.1. The van der Waals surface area contributed by atoms with Gasteiger partial charge in [-0.2, -0.15) is 0 Å². The van der Waals surface area contributed by atoms with Gasteiger partial charge in [0.1, 0.15) is 10.2 Å². The van der Waals surface area contributed by atoms with Gasteiger partial charge in [-0.05, 0) is 48.7 Å². The number of nitrogens with zero attached hydrogens (tertiary/aromatic N) is 1. The molecule has 0 unspecified atom stereocenters. The van der Waals surface area contributed by atoms with Crippen LogP contribution >= 0.6 is 28.1 Å². The Morgan fingerprint density at radius 2 is 1.91 bits per heavy atom. The molecule has 0 radical (unpaired) electrons. The monoisotopic (exact) mass is 389 g/mol. The van der Waals surface area contributed by atoms with E-state index in [0.717, 1.165) is 34.8 Å². The molecule has 23 heavy (non-hydrogen) atoms. The molecule has 0 fully saturated rings. The van der Waals surface area contributed by atoms with Crippen LogP contribution in [0.25, 0.3) is 16.7 Å². The third kappa shape index (κ3) is 3.31. The second-order valence-electron chi connectivity index (χ2n) is 5.42. The van der Waals surface area contributed by atoms with Gasteiger partial charge >= 0.3 is 5.76 Å². The summed E-state index contributed by atoms with van der Waals surface area (Å²) in [6.45, 7) is 2.17. The minimum absolute atomic E-state index is 0.457. The number of unbranched alkanes of at least 4 members (excludes halogenated alkanes) is 1. The summed E-state index contributed by atoms with van der Waals surface area (Å²) in [5.41, 5.74) is 2.49. The fourth-order valence-corrected chi connectivity index (χ4v) is 3.22. The average molecular weight is 390 g/mol. The maximum absolute atomic E-state index is 12.3. The molecule has 1 heterocycles. The number of fused-ring (bicyclic) bond motifs is 1. The Hall–Kier alpha value is -1.72. The van der Waals surface area contributed by atoms with Crippen LogP contribution in [0.3, 0.4) is 0 Å². The van der Waals surface area contributed by atoms with Crippen molar-refractivity contribution in [3.8, 4) is 5.69 Å². The summed E-state index contributed by atoms with van der Waals surface area (Å²) in [5, 5.41) is 0.740. The number of benzene rings is 2. The van der Waals surface area contributed by atoms with Gasteiger partial charge in [-0.15, -0.1) is 0 Å². The van der Waals surface area contributed by atoms with Gasteiger partial charge in [0, 0.05) is 4.47 Å². The summed E-state index contributed by atoms with van der Waals surface area (Å²) in [7, 11) is 0. The van der Waals surface area contributed by atoms with Crippen LogP contribution < -0.4 is 5.76 Å². The fourth-order valence-electron chi connectivity index (χ4n) is 2.52. The van der Waals surface area contributed by atoms with Crippen molar-refractivity contribution >= 4 is 39.1 Å². The Morgan fingerprint density at radius 1 is 1.17 bits per heavy atom. The summed E-state index contributed by atoms with van der Waals surface area (Å²) >= 11 is 8.93. The number of hydrogen-bond donors (Lipinski definition) is 0. The van der Waals surface area contributed by atoms with Crippen molar-refractivity contribution in [3.63, 3.8) is 0 Å². The molecule has 3 aromatic rings. The second kappa shape index (κ2) is 6.81. The highest BCUT2D eigenvalue weighted by atomic mass is 79.9. The lowest BCUT2D eigenvalue weighted by Gasteiger charge is -2.08. The van der Waals surface area contributed by atoms with Gasteiger partial charge in [0.25, 0.3) is 0 Å². The lowest BCUT2D eigenvalue weighted by molar-refractivity contribution is 0.507. The molecular formula is C18H16BrNO2S. The van der Waals surface area contributed by atoms with E-state index in [1.165, 1.54) is 10.1 Å². The molecule has 1 aromatic heterocycles. The predicted molar refractivity (Wildman–Crippen MR) is 99.0 cm³/mol. The quantitative estimate of drug-likeness (QED) is 0.558. The number of aryl methyl sites for hydroxylation is 1. The molecule has 118 valence electrons. The van der Waals surface area contributed by atoms with Crippen LogP contribution in [0.1, 0.15) is 25.3 Å². The summed E-state index contributed by atoms with van der Waals surface area (Å²) in [6.07, 6.45) is 3.36. The molecule has 0 atom stereocenters. The van der Waals surface area contributed by atoms with Crippen molar-refractivity contribution in [1.82, 2.24) is 4.57 Å². The summed E-state index contributed by atoms with van der Waals surface area (Å²) in [5.74, 6) is -0.467. The maximum Gasteiger partial charge on any atom is 0.425 e. The van der Waals surface area contributed by atoms with Crippen LogP contribution in [0.5, 0.6) is 0 Å². The molecular weight excluding hydrogens is 374 g/mol. The highest BCUT2D eigenvalue weighted by Crippen LogP contribution is 2.21. The molecule has 0 saturated heterocycles. The third-order valence-electron chi connectivity index (χ3n) is 3.77. The number of hydrogen-bond acceptors (Lipinski definition) is 3. The molecule has 3 rings (SSSR count). The van der Waals surface area contributed by atoms with Gasteiger partial charge in [0.2, 0.25) is 0 Å². The Morgan fingerprint density at radius 3 is 2.61 bits per heavy atom. The molecule has 0 bridgehead atoms. The first kappa shape index (κ1) is 16.1. The topological polar surface area (TPSA) is 35.1 Å². The Balaban J connectivity index is 2.12. The van der Waals surface area contributed by atoms with Gasteiger partial charge in [-0.1, -0.05) is 53.6 Å². The van der Waals surface area contributed by atoms with Crippen molar-refractivity contribution in [2.24, 2.45) is 0 Å². The molecule has 5 heteroatoms. The molecule has 0 spiro atoms. The first-order chi connectivity index (χ1) is 11.1. The van der Waals surface area contributed by atoms with Gasteiger partial charge in [-0.3, -0.25) is 0 Å². The van der Waals surface area contributed by atoms with Gasteiger partial charge in [0.15, 0.2) is 0 Å². The van der Waals surface area contributed by atoms with E-state index in [2.05, 4.69) is 22.9 Å². The smallest absolute Gasteiger partial charge is 0.409 e. The number of aromatic nitrogens is 1. The number of rotatable bonds is 4. The maximum atomic E-state index is 12.3. The van der Waals surface area contributed by atoms with Crippen LogP contribution in [0.15, 0.2) is 56.1 Å². The van der Waals surface area contributed by atoms with Crippen LogP contribution in [-0.2, 0) is 6.42 Å². The highest BCUT2D eigenvalue weighted by Gasteiger charge is 2.09. The van der Waals surface area contributed by atoms with Crippen molar-refractivity contribution in [2.45, 2.75) is 26.2 Å². The van der Waals surface area contributed by atoms with Gasteiger partial charge in [0.05, 0.1) is 11.1 Å². The standard InChI is InChI=1S/C18H16BrNO2S/c1-2-3-4-12-5-8-14(9-6-12)20-17(23)15-11-13(19)7-10-16(15)22-18(20)21/h5-11H,2-4H2,1H3. The molecule has 0 saturated carbocycles. The minimum atomic E-state index is -0.467. The van der Waals surface area contributed by atoms with Crippen molar-refractivity contribution in [1.29, 1.82) is 0 Å². The van der Waals surface area contributed by atoms with E-state index in [-0.39, 0.29) is 0 Å². The van der Waals surface area contributed by atoms with Crippen LogP contribution in [0.2, 0.25) is 0 Å². The molecule has 0 aliphatic heterocycles. The number of halogens is 1. The van der Waals surface area contributed by atoms with E-state index in [9.17, 15) is 4.79 Å². The van der Waals surface area contributed by atoms with Gasteiger partial charge in [-0.25, -0.2) is 9.36 Å². The van der Waals surface area contributed by atoms with E-state index >= 15 is 0 Å². The molecule has 0 aliphatic rings. The Labute approximate surface area is 147 Å². The predicted octanol–water partition coefficient (Wildman–Crippen LogP) is 5.42. The zero-order valence-electron chi connectivity index (χ0n) is 12.7. The molecule has 0 aliphatic carbocycles. The SMILES string of the molecule is CCCCc1ccc(-n2c(=O)oc3ccc(Br)cc3c2=S)cc1. The fraction of sp³-hybridized carbons (Fsp3) is 0.222. The second-order valence-corrected chi connectivity index (χ2v) is 6.72. The van der Waals surface area contributed by atoms with Crippen molar-refractivity contribution < 1.29 is 4.42 Å². The molecule has 0 N–H and O–H groups in total. The van der Waals surface area contributed by atoms with E-state index in [1.54, 1.807) is 6.07 Å². The van der Waals surface area contributed by atoms with E-state index in [4.69, 9.17) is 16.6 Å². The molecule has 2 aromatic carbocycles. The zero-order chi connectivity index (χ0) is 16.4. The summed E-state index contributed by atoms with van der Waals surface area (Å²) in [6, 6.07) is 13.4. The Bertz CT molecular complexity index is 957. The zero-order valence-corrected chi connectivity index (χ0v) is 15.1. The third-order valence-corrected chi connectivity index (χ3v) is 4.66. The summed E-state index contributed by atoms with van der Waals surface area (Å²) in [4.78, 5) is 12.3.